The fourth-order valence-electron chi connectivity index (χ4n) is 2.96. The molecule has 0 saturated carbocycles. The third-order valence-corrected chi connectivity index (χ3v) is 4.45. The first-order chi connectivity index (χ1) is 10.8. The van der Waals surface area contributed by atoms with Crippen LogP contribution < -0.4 is 15.5 Å². The largest absolute Gasteiger partial charge is 0.376 e. The molecule has 3 heterocycles. The number of thiocarbonyl (C=S) groups is 1. The molecule has 0 bridgehead atoms. The SMILES string of the molecule is S=C(NC[C@@H]1CCCO1)Nc1ccc(N2CCCCC2)nc1. The Balaban J connectivity index is 1.46. The summed E-state index contributed by atoms with van der Waals surface area (Å²) in [6, 6.07) is 4.10. The standard InChI is InChI=1S/C16H24N4OS/c22-16(18-12-14-5-4-10-21-14)19-13-6-7-15(17-11-13)20-8-2-1-3-9-20/h6-7,11,14H,1-5,8-10,12H2,(H2,18,19,22)/t14-/m0/s1. The van der Waals surface area contributed by atoms with Gasteiger partial charge in [0.25, 0.3) is 0 Å². The number of anilines is 2. The van der Waals surface area contributed by atoms with Crippen molar-refractivity contribution in [2.45, 2.75) is 38.2 Å². The summed E-state index contributed by atoms with van der Waals surface area (Å²) in [5, 5.41) is 7.02. The lowest BCUT2D eigenvalue weighted by Gasteiger charge is -2.27. The average Bonchev–Trinajstić information content (AvgIpc) is 3.08. The molecule has 0 aliphatic carbocycles. The molecule has 2 saturated heterocycles. The first kappa shape index (κ1) is 15.5. The summed E-state index contributed by atoms with van der Waals surface area (Å²) in [6.45, 7) is 3.86. The highest BCUT2D eigenvalue weighted by Crippen LogP contribution is 2.19. The molecule has 2 aliphatic rings. The van der Waals surface area contributed by atoms with Crippen LogP contribution >= 0.6 is 12.2 Å². The topological polar surface area (TPSA) is 49.4 Å². The van der Waals surface area contributed by atoms with Crippen molar-refractivity contribution in [3.63, 3.8) is 0 Å². The van der Waals surface area contributed by atoms with Gasteiger partial charge in [0.1, 0.15) is 5.82 Å². The molecule has 1 atom stereocenters. The highest BCUT2D eigenvalue weighted by molar-refractivity contribution is 7.80. The fourth-order valence-corrected chi connectivity index (χ4v) is 3.16. The smallest absolute Gasteiger partial charge is 0.170 e. The molecule has 0 aromatic carbocycles. The van der Waals surface area contributed by atoms with E-state index in [1.54, 1.807) is 0 Å². The summed E-state index contributed by atoms with van der Waals surface area (Å²) in [7, 11) is 0. The van der Waals surface area contributed by atoms with Gasteiger partial charge in [0, 0.05) is 26.2 Å². The van der Waals surface area contributed by atoms with Crippen LogP contribution in [0.1, 0.15) is 32.1 Å². The Labute approximate surface area is 137 Å². The quantitative estimate of drug-likeness (QED) is 0.832. The van der Waals surface area contributed by atoms with Gasteiger partial charge in [-0.25, -0.2) is 4.98 Å². The second-order valence-electron chi connectivity index (χ2n) is 5.92. The molecule has 5 nitrogen and oxygen atoms in total. The minimum absolute atomic E-state index is 0.291. The highest BCUT2D eigenvalue weighted by Gasteiger charge is 2.15. The van der Waals surface area contributed by atoms with Crippen molar-refractivity contribution in [3.8, 4) is 0 Å². The Morgan fingerprint density at radius 2 is 2.14 bits per heavy atom. The Morgan fingerprint density at radius 3 is 2.82 bits per heavy atom. The zero-order valence-electron chi connectivity index (χ0n) is 12.9. The van der Waals surface area contributed by atoms with Crippen molar-refractivity contribution in [3.05, 3.63) is 18.3 Å². The molecule has 6 heteroatoms. The predicted octanol–water partition coefficient (Wildman–Crippen LogP) is 2.54. The number of hydrogen-bond acceptors (Lipinski definition) is 4. The lowest BCUT2D eigenvalue weighted by atomic mass is 10.1. The van der Waals surface area contributed by atoms with Gasteiger partial charge in [-0.05, 0) is 56.5 Å². The Bertz CT molecular complexity index is 481. The number of rotatable bonds is 4. The zero-order valence-corrected chi connectivity index (χ0v) is 13.7. The molecule has 0 amide bonds. The Hall–Kier alpha value is -1.40. The van der Waals surface area contributed by atoms with Gasteiger partial charge in [-0.1, -0.05) is 0 Å². The summed E-state index contributed by atoms with van der Waals surface area (Å²) < 4.78 is 5.57. The number of ether oxygens (including phenoxy) is 1. The second kappa shape index (κ2) is 7.74. The van der Waals surface area contributed by atoms with E-state index in [9.17, 15) is 0 Å². The van der Waals surface area contributed by atoms with Crippen LogP contribution in [-0.4, -0.2) is 42.4 Å². The van der Waals surface area contributed by atoms with Gasteiger partial charge in [0.2, 0.25) is 0 Å². The molecule has 0 unspecified atom stereocenters. The molecular formula is C16H24N4OS. The summed E-state index contributed by atoms with van der Waals surface area (Å²) in [6.07, 6.45) is 8.26. The van der Waals surface area contributed by atoms with Crippen LogP contribution in [0.15, 0.2) is 18.3 Å². The van der Waals surface area contributed by atoms with Crippen LogP contribution in [0.25, 0.3) is 0 Å². The maximum absolute atomic E-state index is 5.57. The summed E-state index contributed by atoms with van der Waals surface area (Å²) in [4.78, 5) is 6.89. The van der Waals surface area contributed by atoms with Crippen molar-refractivity contribution in [2.75, 3.05) is 36.5 Å². The van der Waals surface area contributed by atoms with Gasteiger partial charge in [-0.2, -0.15) is 0 Å². The molecule has 2 N–H and O–H groups in total. The van der Waals surface area contributed by atoms with Gasteiger partial charge in [-0.3, -0.25) is 0 Å². The van der Waals surface area contributed by atoms with Gasteiger partial charge < -0.3 is 20.3 Å². The van der Waals surface area contributed by atoms with Gasteiger partial charge >= 0.3 is 0 Å². The molecule has 0 radical (unpaired) electrons. The van der Waals surface area contributed by atoms with Crippen LogP contribution in [0.3, 0.4) is 0 Å². The number of nitrogens with one attached hydrogen (secondary N) is 2. The van der Waals surface area contributed by atoms with Crippen molar-refractivity contribution in [2.24, 2.45) is 0 Å². The predicted molar refractivity (Wildman–Crippen MR) is 93.5 cm³/mol. The average molecular weight is 320 g/mol. The number of aromatic nitrogens is 1. The van der Waals surface area contributed by atoms with Crippen LogP contribution in [0, 0.1) is 0 Å². The van der Waals surface area contributed by atoms with Crippen LogP contribution in [-0.2, 0) is 4.74 Å². The van der Waals surface area contributed by atoms with Gasteiger partial charge in [0.05, 0.1) is 18.0 Å². The van der Waals surface area contributed by atoms with Gasteiger partial charge in [-0.15, -0.1) is 0 Å². The van der Waals surface area contributed by atoms with Crippen LogP contribution in [0.4, 0.5) is 11.5 Å². The lowest BCUT2D eigenvalue weighted by molar-refractivity contribution is 0.114. The Morgan fingerprint density at radius 1 is 1.27 bits per heavy atom. The molecule has 1 aromatic heterocycles. The first-order valence-electron chi connectivity index (χ1n) is 8.19. The minimum Gasteiger partial charge on any atom is -0.376 e. The van der Waals surface area contributed by atoms with Gasteiger partial charge in [0.15, 0.2) is 5.11 Å². The number of piperidine rings is 1. The molecule has 2 fully saturated rings. The lowest BCUT2D eigenvalue weighted by Crippen LogP contribution is -2.34. The first-order valence-corrected chi connectivity index (χ1v) is 8.59. The van der Waals surface area contributed by atoms with E-state index in [4.69, 9.17) is 17.0 Å². The zero-order chi connectivity index (χ0) is 15.2. The number of pyridine rings is 1. The van der Waals surface area contributed by atoms with E-state index in [0.29, 0.717) is 11.2 Å². The fraction of sp³-hybridized carbons (Fsp3) is 0.625. The normalized spacial score (nSPS) is 21.6. The number of hydrogen-bond donors (Lipinski definition) is 2. The molecule has 3 rings (SSSR count). The molecule has 0 spiro atoms. The van der Waals surface area contributed by atoms with E-state index >= 15 is 0 Å². The second-order valence-corrected chi connectivity index (χ2v) is 6.33. The van der Waals surface area contributed by atoms with E-state index in [1.165, 1.54) is 19.3 Å². The summed E-state index contributed by atoms with van der Waals surface area (Å²) in [5.41, 5.74) is 0.922. The minimum atomic E-state index is 0.291. The molecular weight excluding hydrogens is 296 g/mol. The van der Waals surface area contributed by atoms with E-state index in [2.05, 4.69) is 26.6 Å². The third kappa shape index (κ3) is 4.30. The molecule has 1 aromatic rings. The third-order valence-electron chi connectivity index (χ3n) is 4.20. The Kier molecular flexibility index (Phi) is 5.45. The van der Waals surface area contributed by atoms with Crippen molar-refractivity contribution in [1.82, 2.24) is 10.3 Å². The molecule has 120 valence electrons. The van der Waals surface area contributed by atoms with E-state index < -0.39 is 0 Å². The number of nitrogens with zero attached hydrogens (tertiary/aromatic N) is 2. The van der Waals surface area contributed by atoms with E-state index in [-0.39, 0.29) is 0 Å². The maximum atomic E-state index is 5.57. The monoisotopic (exact) mass is 320 g/mol. The van der Waals surface area contributed by atoms with Crippen molar-refractivity contribution >= 4 is 28.8 Å². The van der Waals surface area contributed by atoms with E-state index in [0.717, 1.165) is 50.6 Å². The van der Waals surface area contributed by atoms with Crippen LogP contribution in [0.2, 0.25) is 0 Å². The summed E-state index contributed by atoms with van der Waals surface area (Å²) in [5.74, 6) is 1.06. The molecule has 2 aliphatic heterocycles. The van der Waals surface area contributed by atoms with Crippen molar-refractivity contribution < 1.29 is 4.74 Å². The van der Waals surface area contributed by atoms with E-state index in [1.807, 2.05) is 12.3 Å². The summed E-state index contributed by atoms with van der Waals surface area (Å²) >= 11 is 5.31. The highest BCUT2D eigenvalue weighted by atomic mass is 32.1. The maximum Gasteiger partial charge on any atom is 0.170 e. The van der Waals surface area contributed by atoms with Crippen LogP contribution in [0.5, 0.6) is 0 Å². The molecule has 22 heavy (non-hydrogen) atoms. The van der Waals surface area contributed by atoms with Crippen molar-refractivity contribution in [1.29, 1.82) is 0 Å².